The summed E-state index contributed by atoms with van der Waals surface area (Å²) >= 11 is 1.89. The summed E-state index contributed by atoms with van der Waals surface area (Å²) in [4.78, 5) is 45.7. The number of aliphatic hydroxyl groups is 1. The number of hydrogen-bond donors (Lipinski definition) is 3. The summed E-state index contributed by atoms with van der Waals surface area (Å²) in [6.45, 7) is 1.14. The van der Waals surface area contributed by atoms with Crippen LogP contribution in [0.4, 0.5) is 4.79 Å². The number of alkyl carbamates (subject to hydrolysis) is 1. The van der Waals surface area contributed by atoms with Crippen LogP contribution in [0, 0.1) is 3.57 Å². The van der Waals surface area contributed by atoms with Crippen LogP contribution in [0.5, 0.6) is 11.5 Å². The fourth-order valence-corrected chi connectivity index (χ4v) is 5.44. The average molecular weight is 679 g/mol. The van der Waals surface area contributed by atoms with E-state index >= 15 is 0 Å². The van der Waals surface area contributed by atoms with Crippen molar-refractivity contribution in [3.05, 3.63) is 57.2 Å². The summed E-state index contributed by atoms with van der Waals surface area (Å²) in [6, 6.07) is 11.8. The Morgan fingerprint density at radius 1 is 1.08 bits per heavy atom. The lowest BCUT2D eigenvalue weighted by molar-refractivity contribution is -0.145. The maximum Gasteiger partial charge on any atom is 0.410 e. The highest BCUT2D eigenvalue weighted by molar-refractivity contribution is 14.1. The monoisotopic (exact) mass is 679 g/mol. The smallest absolute Gasteiger partial charge is 0.410 e. The molecule has 0 aliphatic carbocycles. The number of methoxy groups -OCH3 is 1. The molecule has 2 aromatic rings. The lowest BCUT2D eigenvalue weighted by Gasteiger charge is -2.21. The van der Waals surface area contributed by atoms with Gasteiger partial charge in [-0.05, 0) is 59.2 Å². The van der Waals surface area contributed by atoms with Crippen LogP contribution in [-0.2, 0) is 35.0 Å². The van der Waals surface area contributed by atoms with E-state index in [1.807, 2.05) is 40.8 Å². The molecule has 2 atom stereocenters. The second-order valence-corrected chi connectivity index (χ2v) is 11.6. The number of amides is 1. The van der Waals surface area contributed by atoms with E-state index in [9.17, 15) is 28.9 Å². The summed E-state index contributed by atoms with van der Waals surface area (Å²) in [5.74, 6) is -2.66. The molecular formula is C25H31INO11P. The zero-order chi connectivity index (χ0) is 28.8. The van der Waals surface area contributed by atoms with Gasteiger partial charge in [0.25, 0.3) is 0 Å². The van der Waals surface area contributed by atoms with E-state index in [0.717, 1.165) is 5.56 Å². The number of nitrogens with one attached hydrogen (secondary N) is 1. The minimum Gasteiger partial charge on any atom is -0.493 e. The molecule has 1 amide bonds. The Bertz CT molecular complexity index is 1160. The Morgan fingerprint density at radius 2 is 1.79 bits per heavy atom. The minimum absolute atomic E-state index is 0.0446. The molecule has 3 N–H and O–H groups in total. The Labute approximate surface area is 239 Å². The summed E-state index contributed by atoms with van der Waals surface area (Å²) in [5.41, 5.74) is 0.901. The number of rotatable bonds is 15. The molecule has 0 aliphatic heterocycles. The molecule has 12 nitrogen and oxygen atoms in total. The molecule has 2 aromatic carbocycles. The SMILES string of the molecule is CCOC(=O)COc1c(I)cc([C@@H](O)P(=O)(O)CCCC(=O)OCNC(=O)OCc2ccccc2)cc1OC. The first-order valence-electron chi connectivity index (χ1n) is 11.8. The van der Waals surface area contributed by atoms with Crippen molar-refractivity contribution in [3.63, 3.8) is 0 Å². The first-order valence-corrected chi connectivity index (χ1v) is 14.8. The summed E-state index contributed by atoms with van der Waals surface area (Å²) in [5, 5.41) is 12.9. The van der Waals surface area contributed by atoms with Crippen LogP contribution in [0.25, 0.3) is 0 Å². The van der Waals surface area contributed by atoms with Crippen LogP contribution >= 0.6 is 30.0 Å². The molecule has 0 heterocycles. The Hall–Kier alpha value is -2.87. The third-order valence-electron chi connectivity index (χ3n) is 5.09. The van der Waals surface area contributed by atoms with Crippen molar-refractivity contribution in [1.82, 2.24) is 5.32 Å². The predicted molar refractivity (Wildman–Crippen MR) is 147 cm³/mol. The lowest BCUT2D eigenvalue weighted by atomic mass is 10.2. The summed E-state index contributed by atoms with van der Waals surface area (Å²) < 4.78 is 38.7. The van der Waals surface area contributed by atoms with E-state index < -0.39 is 38.0 Å². The van der Waals surface area contributed by atoms with Crippen molar-refractivity contribution in [1.29, 1.82) is 0 Å². The molecule has 1 unspecified atom stereocenters. The van der Waals surface area contributed by atoms with Gasteiger partial charge in [0.2, 0.25) is 7.37 Å². The molecule has 0 radical (unpaired) electrons. The fourth-order valence-electron chi connectivity index (χ4n) is 3.19. The molecular weight excluding hydrogens is 648 g/mol. The Morgan fingerprint density at radius 3 is 2.46 bits per heavy atom. The number of hydrogen-bond acceptors (Lipinski definition) is 10. The summed E-state index contributed by atoms with van der Waals surface area (Å²) in [6.07, 6.45) is -1.39. The van der Waals surface area contributed by atoms with Gasteiger partial charge < -0.3 is 33.7 Å². The number of ether oxygens (including phenoxy) is 5. The van der Waals surface area contributed by atoms with Crippen molar-refractivity contribution >= 4 is 48.0 Å². The van der Waals surface area contributed by atoms with E-state index in [0.29, 0.717) is 3.57 Å². The standard InChI is InChI=1S/C25H31INO11P/c1-3-35-22(29)15-36-23-19(26)12-18(13-20(23)34-2)24(30)39(32,33)11-7-10-21(28)38-16-27-25(31)37-14-17-8-5-4-6-9-17/h4-6,8-9,12-13,24,30H,3,7,10-11,14-16H2,1-2H3,(H,27,31)(H,32,33)/t24-/m0/s1. The second-order valence-electron chi connectivity index (χ2n) is 7.98. The van der Waals surface area contributed by atoms with E-state index in [4.69, 9.17) is 23.7 Å². The molecule has 214 valence electrons. The molecule has 0 aromatic heterocycles. The van der Waals surface area contributed by atoms with Crippen molar-refractivity contribution in [2.75, 3.05) is 33.2 Å². The second kappa shape index (κ2) is 16.3. The zero-order valence-electron chi connectivity index (χ0n) is 21.5. The molecule has 0 bridgehead atoms. The number of aliphatic hydroxyl groups excluding tert-OH is 1. The maximum atomic E-state index is 12.8. The van der Waals surface area contributed by atoms with Crippen LogP contribution in [0.3, 0.4) is 0 Å². The molecule has 0 saturated heterocycles. The molecule has 0 aliphatic rings. The number of halogens is 1. The van der Waals surface area contributed by atoms with Crippen molar-refractivity contribution < 1.29 is 52.6 Å². The fraction of sp³-hybridized carbons (Fsp3) is 0.400. The highest BCUT2D eigenvalue weighted by atomic mass is 127. The van der Waals surface area contributed by atoms with E-state index in [1.54, 1.807) is 19.1 Å². The number of carbonyl (C=O) groups is 3. The Kier molecular flexibility index (Phi) is 13.5. The number of esters is 2. The average Bonchev–Trinajstić information content (AvgIpc) is 2.91. The van der Waals surface area contributed by atoms with Gasteiger partial charge in [-0.1, -0.05) is 30.3 Å². The van der Waals surface area contributed by atoms with Crippen molar-refractivity contribution in [2.45, 2.75) is 32.2 Å². The quantitative estimate of drug-likeness (QED) is 0.0826. The minimum atomic E-state index is -4.16. The van der Waals surface area contributed by atoms with Gasteiger partial charge in [-0.15, -0.1) is 0 Å². The molecule has 39 heavy (non-hydrogen) atoms. The molecule has 0 spiro atoms. The third-order valence-corrected chi connectivity index (χ3v) is 7.91. The molecule has 0 fully saturated rings. The van der Waals surface area contributed by atoms with E-state index in [2.05, 4.69) is 5.32 Å². The van der Waals surface area contributed by atoms with Crippen LogP contribution in [0.1, 0.15) is 36.7 Å². The van der Waals surface area contributed by atoms with Crippen molar-refractivity contribution in [3.8, 4) is 11.5 Å². The Balaban J connectivity index is 1.81. The van der Waals surface area contributed by atoms with Gasteiger partial charge in [-0.25, -0.2) is 9.59 Å². The van der Waals surface area contributed by atoms with Crippen molar-refractivity contribution in [2.24, 2.45) is 0 Å². The van der Waals surface area contributed by atoms with E-state index in [-0.39, 0.29) is 55.9 Å². The number of carbonyl (C=O) groups excluding carboxylic acids is 3. The first-order chi connectivity index (χ1) is 18.6. The summed E-state index contributed by atoms with van der Waals surface area (Å²) in [7, 11) is -2.81. The predicted octanol–water partition coefficient (Wildman–Crippen LogP) is 3.71. The lowest BCUT2D eigenvalue weighted by Crippen LogP contribution is -2.28. The highest BCUT2D eigenvalue weighted by Crippen LogP contribution is 2.55. The molecule has 14 heteroatoms. The number of benzene rings is 2. The zero-order valence-corrected chi connectivity index (χ0v) is 24.5. The molecule has 0 saturated carbocycles. The normalized spacial score (nSPS) is 12.9. The van der Waals surface area contributed by atoms with Gasteiger partial charge in [0.15, 0.2) is 30.7 Å². The van der Waals surface area contributed by atoms with Crippen LogP contribution < -0.4 is 14.8 Å². The van der Waals surface area contributed by atoms with Gasteiger partial charge >= 0.3 is 18.0 Å². The van der Waals surface area contributed by atoms with Gasteiger partial charge in [0.05, 0.1) is 17.3 Å². The van der Waals surface area contributed by atoms with Gasteiger partial charge in [0.1, 0.15) is 6.61 Å². The van der Waals surface area contributed by atoms with Crippen LogP contribution in [0.2, 0.25) is 0 Å². The van der Waals surface area contributed by atoms with E-state index in [1.165, 1.54) is 19.2 Å². The van der Waals surface area contributed by atoms with Crippen LogP contribution in [0.15, 0.2) is 42.5 Å². The highest BCUT2D eigenvalue weighted by Gasteiger charge is 2.32. The maximum absolute atomic E-state index is 12.8. The van der Waals surface area contributed by atoms with Crippen LogP contribution in [-0.4, -0.2) is 61.2 Å². The first kappa shape index (κ1) is 32.3. The van der Waals surface area contributed by atoms with Gasteiger partial charge in [-0.3, -0.25) is 14.7 Å². The van der Waals surface area contributed by atoms with Gasteiger partial charge in [-0.2, -0.15) is 0 Å². The topological polar surface area (TPSA) is 167 Å². The molecule has 2 rings (SSSR count). The largest absolute Gasteiger partial charge is 0.493 e. The third kappa shape index (κ3) is 11.0. The van der Waals surface area contributed by atoms with Gasteiger partial charge in [0, 0.05) is 12.6 Å².